The van der Waals surface area contributed by atoms with Gasteiger partial charge in [0.2, 0.25) is 5.91 Å². The number of benzene rings is 1. The van der Waals surface area contributed by atoms with E-state index >= 15 is 0 Å². The lowest BCUT2D eigenvalue weighted by Crippen LogP contribution is -2.41. The van der Waals surface area contributed by atoms with Gasteiger partial charge < -0.3 is 10.6 Å². The van der Waals surface area contributed by atoms with Crippen molar-refractivity contribution in [1.29, 1.82) is 0 Å². The van der Waals surface area contributed by atoms with Gasteiger partial charge in [-0.25, -0.2) is 4.99 Å². The second kappa shape index (κ2) is 5.72. The minimum atomic E-state index is -0.165. The van der Waals surface area contributed by atoms with Gasteiger partial charge in [0.25, 0.3) is 0 Å². The van der Waals surface area contributed by atoms with Gasteiger partial charge >= 0.3 is 0 Å². The summed E-state index contributed by atoms with van der Waals surface area (Å²) in [5, 5.41) is 0. The Bertz CT molecular complexity index is 610. The lowest BCUT2D eigenvalue weighted by Gasteiger charge is -2.32. The van der Waals surface area contributed by atoms with E-state index in [1.54, 1.807) is 0 Å². The average molecular weight is 283 g/mol. The molecule has 0 spiro atoms. The Morgan fingerprint density at radius 1 is 1.33 bits per heavy atom. The van der Waals surface area contributed by atoms with Gasteiger partial charge in [-0.3, -0.25) is 4.79 Å². The number of rotatable bonds is 2. The number of nitrogens with two attached hydrogens (primary N) is 1. The fourth-order valence-electron chi connectivity index (χ4n) is 3.03. The Kier molecular flexibility index (Phi) is 3.78. The quantitative estimate of drug-likeness (QED) is 0.905. The second-order valence-corrected chi connectivity index (χ2v) is 5.85. The number of amidine groups is 1. The third-order valence-corrected chi connectivity index (χ3v) is 4.30. The molecule has 1 aromatic carbocycles. The van der Waals surface area contributed by atoms with E-state index in [1.165, 1.54) is 11.1 Å². The molecule has 2 aliphatic heterocycles. The van der Waals surface area contributed by atoms with Crippen LogP contribution in [0, 0.1) is 12.8 Å². The lowest BCUT2D eigenvalue weighted by atomic mass is 9.96. The molecule has 0 atom stereocenters. The molecule has 4 heteroatoms. The van der Waals surface area contributed by atoms with E-state index in [0.29, 0.717) is 0 Å². The van der Waals surface area contributed by atoms with Crippen molar-refractivity contribution < 1.29 is 4.79 Å². The summed E-state index contributed by atoms with van der Waals surface area (Å²) in [5.41, 5.74) is 8.87. The Morgan fingerprint density at radius 2 is 2.10 bits per heavy atom. The topological polar surface area (TPSA) is 58.7 Å². The number of hydrogen-bond donors (Lipinski definition) is 1. The van der Waals surface area contributed by atoms with Crippen LogP contribution in [-0.4, -0.2) is 29.7 Å². The van der Waals surface area contributed by atoms with Crippen LogP contribution in [0.1, 0.15) is 30.4 Å². The van der Waals surface area contributed by atoms with Crippen LogP contribution in [0.5, 0.6) is 0 Å². The highest BCUT2D eigenvalue weighted by atomic mass is 16.1. The Morgan fingerprint density at radius 3 is 2.76 bits per heavy atom. The first-order valence-electron chi connectivity index (χ1n) is 7.52. The van der Waals surface area contributed by atoms with Gasteiger partial charge in [0.05, 0.1) is 5.70 Å². The van der Waals surface area contributed by atoms with Crippen LogP contribution >= 0.6 is 0 Å². The highest BCUT2D eigenvalue weighted by molar-refractivity contribution is 5.94. The first-order chi connectivity index (χ1) is 10.1. The minimum absolute atomic E-state index is 0.0347. The molecule has 0 bridgehead atoms. The summed E-state index contributed by atoms with van der Waals surface area (Å²) in [7, 11) is 0. The maximum atomic E-state index is 11.2. The number of carbonyl (C=O) groups excluding carboxylic acids is 1. The van der Waals surface area contributed by atoms with Crippen molar-refractivity contribution in [1.82, 2.24) is 4.90 Å². The predicted octanol–water partition coefficient (Wildman–Crippen LogP) is 2.34. The summed E-state index contributed by atoms with van der Waals surface area (Å²) < 4.78 is 0. The molecule has 2 N–H and O–H groups in total. The van der Waals surface area contributed by atoms with Crippen molar-refractivity contribution >= 4 is 17.4 Å². The molecule has 4 nitrogen and oxygen atoms in total. The summed E-state index contributed by atoms with van der Waals surface area (Å²) in [6, 6.07) is 8.43. The minimum Gasteiger partial charge on any atom is -0.369 e. The smallest absolute Gasteiger partial charge is 0.220 e. The monoisotopic (exact) mass is 283 g/mol. The van der Waals surface area contributed by atoms with Gasteiger partial charge in [-0.2, -0.15) is 0 Å². The maximum Gasteiger partial charge on any atom is 0.220 e. The van der Waals surface area contributed by atoms with Crippen LogP contribution < -0.4 is 5.73 Å². The van der Waals surface area contributed by atoms with E-state index in [4.69, 9.17) is 10.7 Å². The van der Waals surface area contributed by atoms with Gasteiger partial charge in [0.15, 0.2) is 0 Å². The van der Waals surface area contributed by atoms with Crippen LogP contribution in [-0.2, 0) is 4.79 Å². The molecular weight excluding hydrogens is 262 g/mol. The molecule has 21 heavy (non-hydrogen) atoms. The van der Waals surface area contributed by atoms with Crippen molar-refractivity contribution in [2.75, 3.05) is 13.1 Å². The second-order valence-electron chi connectivity index (χ2n) is 5.85. The number of hydrogen-bond acceptors (Lipinski definition) is 3. The van der Waals surface area contributed by atoms with Gasteiger partial charge in [-0.15, -0.1) is 0 Å². The molecule has 0 unspecified atom stereocenters. The fraction of sp³-hybridized carbons (Fsp3) is 0.412. The highest BCUT2D eigenvalue weighted by Gasteiger charge is 2.26. The lowest BCUT2D eigenvalue weighted by molar-refractivity contribution is -0.122. The van der Waals surface area contributed by atoms with Crippen LogP contribution in [0.25, 0.3) is 5.70 Å². The summed E-state index contributed by atoms with van der Waals surface area (Å²) >= 11 is 0. The van der Waals surface area contributed by atoms with E-state index < -0.39 is 0 Å². The summed E-state index contributed by atoms with van der Waals surface area (Å²) in [4.78, 5) is 18.3. The average Bonchev–Trinajstić information content (AvgIpc) is 2.97. The molecule has 3 rings (SSSR count). The van der Waals surface area contributed by atoms with Gasteiger partial charge in [0.1, 0.15) is 5.84 Å². The zero-order valence-corrected chi connectivity index (χ0v) is 12.4. The van der Waals surface area contributed by atoms with Gasteiger partial charge in [0, 0.05) is 31.0 Å². The number of primary amides is 1. The van der Waals surface area contributed by atoms with Gasteiger partial charge in [-0.1, -0.05) is 29.8 Å². The molecule has 1 fully saturated rings. The third-order valence-electron chi connectivity index (χ3n) is 4.30. The number of nitrogens with zero attached hydrogens (tertiary/aromatic N) is 2. The summed E-state index contributed by atoms with van der Waals surface area (Å²) in [6.07, 6.45) is 4.75. The molecule has 0 aliphatic carbocycles. The molecule has 2 aliphatic rings. The molecule has 2 heterocycles. The SMILES string of the molecule is Cc1cccc(C2=CCC(N3CCC(C(N)=O)CC3)=N2)c1. The van der Waals surface area contributed by atoms with Crippen molar-refractivity contribution in [3.05, 3.63) is 41.5 Å². The van der Waals surface area contributed by atoms with E-state index in [1.807, 2.05) is 0 Å². The standard InChI is InChI=1S/C17H21N3O/c1-12-3-2-4-14(11-12)15-5-6-16(19-15)20-9-7-13(8-10-20)17(18)21/h2-5,11,13H,6-10H2,1H3,(H2,18,21). The molecular formula is C17H21N3O. The molecule has 1 saturated heterocycles. The molecule has 1 aromatic rings. The van der Waals surface area contributed by atoms with Crippen LogP contribution in [0.15, 0.2) is 35.3 Å². The van der Waals surface area contributed by atoms with Crippen molar-refractivity contribution in [3.63, 3.8) is 0 Å². The van der Waals surface area contributed by atoms with E-state index in [9.17, 15) is 4.79 Å². The number of likely N-dealkylation sites (tertiary alicyclic amines) is 1. The molecule has 110 valence electrons. The van der Waals surface area contributed by atoms with Crippen LogP contribution in [0.2, 0.25) is 0 Å². The van der Waals surface area contributed by atoms with Crippen LogP contribution in [0.3, 0.4) is 0 Å². The fourth-order valence-corrected chi connectivity index (χ4v) is 3.03. The molecule has 0 saturated carbocycles. The number of aliphatic imine (C=N–C) groups is 1. The van der Waals surface area contributed by atoms with Crippen molar-refractivity contribution in [2.24, 2.45) is 16.6 Å². The predicted molar refractivity (Wildman–Crippen MR) is 84.7 cm³/mol. The molecule has 0 aromatic heterocycles. The summed E-state index contributed by atoms with van der Waals surface area (Å²) in [6.45, 7) is 3.85. The van der Waals surface area contributed by atoms with Gasteiger partial charge in [-0.05, 0) is 25.8 Å². The Labute approximate surface area is 125 Å². The number of carbonyl (C=O) groups is 1. The van der Waals surface area contributed by atoms with Crippen molar-refractivity contribution in [3.8, 4) is 0 Å². The number of piperidine rings is 1. The normalized spacial score (nSPS) is 19.4. The molecule has 1 amide bonds. The zero-order valence-electron chi connectivity index (χ0n) is 12.4. The maximum absolute atomic E-state index is 11.2. The molecule has 0 radical (unpaired) electrons. The Hall–Kier alpha value is -2.10. The Balaban J connectivity index is 1.67. The zero-order chi connectivity index (χ0) is 14.8. The first-order valence-corrected chi connectivity index (χ1v) is 7.52. The van der Waals surface area contributed by atoms with E-state index in [0.717, 1.165) is 43.9 Å². The van der Waals surface area contributed by atoms with E-state index in [-0.39, 0.29) is 11.8 Å². The van der Waals surface area contributed by atoms with Crippen LogP contribution in [0.4, 0.5) is 0 Å². The largest absolute Gasteiger partial charge is 0.369 e. The van der Waals surface area contributed by atoms with E-state index in [2.05, 4.69) is 42.2 Å². The first kappa shape index (κ1) is 13.9. The number of amides is 1. The third kappa shape index (κ3) is 2.99. The highest BCUT2D eigenvalue weighted by Crippen LogP contribution is 2.26. The summed E-state index contributed by atoms with van der Waals surface area (Å²) in [5.74, 6) is 0.989. The van der Waals surface area contributed by atoms with Crippen molar-refractivity contribution in [2.45, 2.75) is 26.2 Å². The number of aryl methyl sites for hydroxylation is 1.